The van der Waals surface area contributed by atoms with Crippen molar-refractivity contribution in [3.63, 3.8) is 0 Å². The summed E-state index contributed by atoms with van der Waals surface area (Å²) in [4.78, 5) is 14.2. The van der Waals surface area contributed by atoms with E-state index < -0.39 is 0 Å². The predicted octanol–water partition coefficient (Wildman–Crippen LogP) is 3.46. The molecule has 4 nitrogen and oxygen atoms in total. The minimum Gasteiger partial charge on any atom is -0.396 e. The van der Waals surface area contributed by atoms with Crippen LogP contribution in [-0.4, -0.2) is 35.7 Å². The van der Waals surface area contributed by atoms with Crippen molar-refractivity contribution in [3.8, 4) is 0 Å². The molecule has 1 aliphatic rings. The number of likely N-dealkylation sites (tertiary alicyclic amines) is 1. The zero-order valence-electron chi connectivity index (χ0n) is 14.8. The third-order valence-electron chi connectivity index (χ3n) is 4.68. The fourth-order valence-electron chi connectivity index (χ4n) is 3.03. The molecule has 1 aromatic rings. The van der Waals surface area contributed by atoms with Gasteiger partial charge >= 0.3 is 6.03 Å². The van der Waals surface area contributed by atoms with Gasteiger partial charge in [-0.15, -0.1) is 0 Å². The van der Waals surface area contributed by atoms with Crippen LogP contribution in [-0.2, 0) is 5.41 Å². The molecule has 1 heterocycles. The van der Waals surface area contributed by atoms with Crippen molar-refractivity contribution < 1.29 is 9.90 Å². The standard InChI is InChI=1S/C19H30N2O2/c1-14(16-7-9-17(10-8-16)19(2,3)4)20-18(23)21-11-5-6-15(12-21)13-22/h7-10,14-15,22H,5-6,11-13H2,1-4H3,(H,20,23). The summed E-state index contributed by atoms with van der Waals surface area (Å²) in [5.41, 5.74) is 2.54. The summed E-state index contributed by atoms with van der Waals surface area (Å²) in [5, 5.41) is 12.4. The highest BCUT2D eigenvalue weighted by Gasteiger charge is 2.24. The Bertz CT molecular complexity index is 519. The van der Waals surface area contributed by atoms with Crippen molar-refractivity contribution in [2.24, 2.45) is 5.92 Å². The summed E-state index contributed by atoms with van der Waals surface area (Å²) in [6, 6.07) is 8.42. The first-order chi connectivity index (χ1) is 10.8. The number of hydrogen-bond acceptors (Lipinski definition) is 2. The number of rotatable bonds is 3. The fraction of sp³-hybridized carbons (Fsp3) is 0.632. The van der Waals surface area contributed by atoms with E-state index in [9.17, 15) is 9.90 Å². The highest BCUT2D eigenvalue weighted by Crippen LogP contribution is 2.24. The second-order valence-corrected chi connectivity index (χ2v) is 7.68. The van der Waals surface area contributed by atoms with Crippen molar-refractivity contribution >= 4 is 6.03 Å². The minimum absolute atomic E-state index is 0.0222. The van der Waals surface area contributed by atoms with Crippen LogP contribution in [0.25, 0.3) is 0 Å². The van der Waals surface area contributed by atoms with Gasteiger partial charge in [0.1, 0.15) is 0 Å². The van der Waals surface area contributed by atoms with E-state index in [1.165, 1.54) is 5.56 Å². The lowest BCUT2D eigenvalue weighted by atomic mass is 9.86. The second kappa shape index (κ2) is 7.35. The van der Waals surface area contributed by atoms with E-state index in [4.69, 9.17) is 0 Å². The summed E-state index contributed by atoms with van der Waals surface area (Å²) < 4.78 is 0. The second-order valence-electron chi connectivity index (χ2n) is 7.68. The molecule has 2 atom stereocenters. The van der Waals surface area contributed by atoms with E-state index in [1.54, 1.807) is 0 Å². The number of aliphatic hydroxyl groups excluding tert-OH is 1. The molecular weight excluding hydrogens is 288 g/mol. The Morgan fingerprint density at radius 3 is 2.57 bits per heavy atom. The van der Waals surface area contributed by atoms with E-state index in [-0.39, 0.29) is 30.0 Å². The van der Waals surface area contributed by atoms with Gasteiger partial charge in [0.2, 0.25) is 0 Å². The van der Waals surface area contributed by atoms with E-state index in [2.05, 4.69) is 50.4 Å². The van der Waals surface area contributed by atoms with Gasteiger partial charge in [-0.25, -0.2) is 4.79 Å². The topological polar surface area (TPSA) is 52.6 Å². The van der Waals surface area contributed by atoms with E-state index in [0.717, 1.165) is 24.9 Å². The Morgan fingerprint density at radius 2 is 2.00 bits per heavy atom. The van der Waals surface area contributed by atoms with Gasteiger partial charge in [0, 0.05) is 19.7 Å². The van der Waals surface area contributed by atoms with Gasteiger partial charge < -0.3 is 15.3 Å². The summed E-state index contributed by atoms with van der Waals surface area (Å²) >= 11 is 0. The first-order valence-electron chi connectivity index (χ1n) is 8.58. The van der Waals surface area contributed by atoms with Gasteiger partial charge in [-0.2, -0.15) is 0 Å². The molecule has 4 heteroatoms. The molecule has 0 spiro atoms. The zero-order valence-corrected chi connectivity index (χ0v) is 14.8. The number of carbonyl (C=O) groups excluding carboxylic acids is 1. The van der Waals surface area contributed by atoms with Gasteiger partial charge in [0.05, 0.1) is 6.04 Å². The summed E-state index contributed by atoms with van der Waals surface area (Å²) in [6.07, 6.45) is 1.97. The van der Waals surface area contributed by atoms with E-state index in [1.807, 2.05) is 11.8 Å². The molecule has 2 N–H and O–H groups in total. The number of urea groups is 1. The van der Waals surface area contributed by atoms with Gasteiger partial charge in [-0.05, 0) is 42.2 Å². The number of piperidine rings is 1. The summed E-state index contributed by atoms with van der Waals surface area (Å²) in [5.74, 6) is 0.218. The molecule has 128 valence electrons. The van der Waals surface area contributed by atoms with Crippen molar-refractivity contribution in [1.82, 2.24) is 10.2 Å². The number of nitrogens with zero attached hydrogens (tertiary/aromatic N) is 1. The maximum atomic E-state index is 12.4. The molecule has 2 unspecified atom stereocenters. The number of benzene rings is 1. The molecule has 0 saturated carbocycles. The lowest BCUT2D eigenvalue weighted by molar-refractivity contribution is 0.128. The molecule has 0 radical (unpaired) electrons. The van der Waals surface area contributed by atoms with Crippen LogP contribution in [0.5, 0.6) is 0 Å². The molecule has 2 rings (SSSR count). The van der Waals surface area contributed by atoms with E-state index in [0.29, 0.717) is 6.54 Å². The molecule has 23 heavy (non-hydrogen) atoms. The minimum atomic E-state index is -0.0319. The smallest absolute Gasteiger partial charge is 0.317 e. The molecule has 1 saturated heterocycles. The Morgan fingerprint density at radius 1 is 1.35 bits per heavy atom. The van der Waals surface area contributed by atoms with Crippen LogP contribution in [0, 0.1) is 5.92 Å². The Hall–Kier alpha value is -1.55. The highest BCUT2D eigenvalue weighted by atomic mass is 16.3. The van der Waals surface area contributed by atoms with Crippen LogP contribution in [0.1, 0.15) is 57.7 Å². The van der Waals surface area contributed by atoms with Crippen molar-refractivity contribution in [3.05, 3.63) is 35.4 Å². The largest absolute Gasteiger partial charge is 0.396 e. The molecule has 1 aromatic carbocycles. The van der Waals surface area contributed by atoms with Gasteiger partial charge in [-0.3, -0.25) is 0 Å². The number of aliphatic hydroxyl groups is 1. The average Bonchev–Trinajstić information content (AvgIpc) is 2.54. The number of hydrogen-bond donors (Lipinski definition) is 2. The normalized spacial score (nSPS) is 20.2. The maximum Gasteiger partial charge on any atom is 0.317 e. The third kappa shape index (κ3) is 4.71. The SMILES string of the molecule is CC(NC(=O)N1CCCC(CO)C1)c1ccc(C(C)(C)C)cc1. The van der Waals surface area contributed by atoms with Gasteiger partial charge in [-0.1, -0.05) is 45.0 Å². The maximum absolute atomic E-state index is 12.4. The van der Waals surface area contributed by atoms with Crippen LogP contribution >= 0.6 is 0 Å². The Labute approximate surface area is 139 Å². The third-order valence-corrected chi connectivity index (χ3v) is 4.68. The molecule has 0 aromatic heterocycles. The van der Waals surface area contributed by atoms with Crippen molar-refractivity contribution in [2.75, 3.05) is 19.7 Å². The van der Waals surface area contributed by atoms with Crippen molar-refractivity contribution in [2.45, 2.75) is 52.0 Å². The number of carbonyl (C=O) groups is 1. The summed E-state index contributed by atoms with van der Waals surface area (Å²) in [7, 11) is 0. The highest BCUT2D eigenvalue weighted by molar-refractivity contribution is 5.74. The first kappa shape index (κ1) is 17.8. The summed E-state index contributed by atoms with van der Waals surface area (Å²) in [6.45, 7) is 10.2. The van der Waals surface area contributed by atoms with Crippen LogP contribution in [0.3, 0.4) is 0 Å². The number of nitrogens with one attached hydrogen (secondary N) is 1. The van der Waals surface area contributed by atoms with Gasteiger partial charge in [0.25, 0.3) is 0 Å². The first-order valence-corrected chi connectivity index (χ1v) is 8.58. The van der Waals surface area contributed by atoms with Crippen LogP contribution < -0.4 is 5.32 Å². The molecule has 0 aliphatic carbocycles. The Kier molecular flexibility index (Phi) is 5.69. The average molecular weight is 318 g/mol. The molecule has 1 fully saturated rings. The van der Waals surface area contributed by atoms with Crippen LogP contribution in [0.2, 0.25) is 0 Å². The molecule has 1 aliphatic heterocycles. The quantitative estimate of drug-likeness (QED) is 0.897. The number of amides is 2. The molecule has 2 amide bonds. The molecular formula is C19H30N2O2. The van der Waals surface area contributed by atoms with Gasteiger partial charge in [0.15, 0.2) is 0 Å². The van der Waals surface area contributed by atoms with Crippen LogP contribution in [0.15, 0.2) is 24.3 Å². The van der Waals surface area contributed by atoms with Crippen molar-refractivity contribution in [1.29, 1.82) is 0 Å². The Balaban J connectivity index is 1.95. The van der Waals surface area contributed by atoms with Crippen LogP contribution in [0.4, 0.5) is 4.79 Å². The van der Waals surface area contributed by atoms with E-state index >= 15 is 0 Å². The lowest BCUT2D eigenvalue weighted by Gasteiger charge is -2.32. The monoisotopic (exact) mass is 318 g/mol. The zero-order chi connectivity index (χ0) is 17.0. The fourth-order valence-corrected chi connectivity index (χ4v) is 3.03. The lowest BCUT2D eigenvalue weighted by Crippen LogP contribution is -2.46. The molecule has 0 bridgehead atoms. The predicted molar refractivity (Wildman–Crippen MR) is 93.5 cm³/mol.